The smallest absolute Gasteiger partial charge is 0.229 e. The molecule has 1 amide bonds. The fraction of sp³-hybridized carbons (Fsp3) is 0.182. The van der Waals surface area contributed by atoms with E-state index in [1.165, 1.54) is 40.7 Å². The first-order chi connectivity index (χ1) is 14.9. The SMILES string of the molecule is O=C(CCCS(=O)(=O)c1ccccc1)N(Cc1ccco1)c1nc2c(F)cccc2s1. The molecule has 31 heavy (non-hydrogen) atoms. The number of fused-ring (bicyclic) bond motifs is 1. The maximum absolute atomic E-state index is 14.1. The number of benzene rings is 2. The van der Waals surface area contributed by atoms with Crippen LogP contribution in [0.25, 0.3) is 10.2 Å². The van der Waals surface area contributed by atoms with Crippen LogP contribution in [-0.4, -0.2) is 25.1 Å². The zero-order valence-electron chi connectivity index (χ0n) is 16.4. The minimum Gasteiger partial charge on any atom is -0.467 e. The Hall–Kier alpha value is -3.04. The van der Waals surface area contributed by atoms with Crippen LogP contribution in [0.1, 0.15) is 18.6 Å². The van der Waals surface area contributed by atoms with Crippen molar-refractivity contribution in [2.45, 2.75) is 24.3 Å². The van der Waals surface area contributed by atoms with Crippen molar-refractivity contribution in [3.8, 4) is 0 Å². The fourth-order valence-corrected chi connectivity index (χ4v) is 5.46. The van der Waals surface area contributed by atoms with Gasteiger partial charge in [0.25, 0.3) is 0 Å². The van der Waals surface area contributed by atoms with E-state index in [-0.39, 0.29) is 41.5 Å². The van der Waals surface area contributed by atoms with Crippen LogP contribution in [0.5, 0.6) is 0 Å². The number of nitrogens with zero attached hydrogens (tertiary/aromatic N) is 2. The molecule has 0 aliphatic rings. The number of sulfone groups is 1. The number of carbonyl (C=O) groups excluding carboxylic acids is 1. The maximum Gasteiger partial charge on any atom is 0.229 e. The third-order valence-corrected chi connectivity index (χ3v) is 7.55. The molecule has 2 aromatic carbocycles. The lowest BCUT2D eigenvalue weighted by molar-refractivity contribution is -0.118. The van der Waals surface area contributed by atoms with Gasteiger partial charge in [0.1, 0.15) is 17.1 Å². The lowest BCUT2D eigenvalue weighted by Gasteiger charge is -2.18. The predicted octanol–water partition coefficient (Wildman–Crippen LogP) is 4.82. The number of halogens is 1. The highest BCUT2D eigenvalue weighted by Gasteiger charge is 2.23. The molecule has 0 unspecified atom stereocenters. The van der Waals surface area contributed by atoms with Crippen molar-refractivity contribution in [2.24, 2.45) is 0 Å². The Morgan fingerprint density at radius 3 is 2.58 bits per heavy atom. The van der Waals surface area contributed by atoms with Gasteiger partial charge in [0.05, 0.1) is 28.2 Å². The first-order valence-electron chi connectivity index (χ1n) is 9.60. The lowest BCUT2D eigenvalue weighted by Crippen LogP contribution is -2.30. The first kappa shape index (κ1) is 21.2. The summed E-state index contributed by atoms with van der Waals surface area (Å²) in [5.41, 5.74) is 0.200. The van der Waals surface area contributed by atoms with Crippen molar-refractivity contribution in [1.82, 2.24) is 4.98 Å². The molecule has 0 fully saturated rings. The van der Waals surface area contributed by atoms with E-state index in [1.807, 2.05) is 0 Å². The summed E-state index contributed by atoms with van der Waals surface area (Å²) in [6.45, 7) is 0.124. The molecule has 0 N–H and O–H groups in total. The molecule has 4 aromatic rings. The number of aromatic nitrogens is 1. The molecule has 0 spiro atoms. The summed E-state index contributed by atoms with van der Waals surface area (Å²) in [7, 11) is -3.47. The molecule has 0 aliphatic carbocycles. The number of rotatable bonds is 8. The van der Waals surface area contributed by atoms with E-state index in [0.717, 1.165) is 0 Å². The molecule has 2 aromatic heterocycles. The molecular formula is C22H19FN2O4S2. The summed E-state index contributed by atoms with van der Waals surface area (Å²) in [5, 5.41) is 0.340. The highest BCUT2D eigenvalue weighted by molar-refractivity contribution is 7.91. The molecule has 0 radical (unpaired) electrons. The van der Waals surface area contributed by atoms with Gasteiger partial charge in [-0.2, -0.15) is 0 Å². The lowest BCUT2D eigenvalue weighted by atomic mass is 10.3. The molecule has 0 aliphatic heterocycles. The Labute approximate surface area is 182 Å². The number of para-hydroxylation sites is 1. The number of thiazole rings is 1. The monoisotopic (exact) mass is 458 g/mol. The van der Waals surface area contributed by atoms with Crippen LogP contribution in [0.4, 0.5) is 9.52 Å². The zero-order valence-corrected chi connectivity index (χ0v) is 18.0. The Morgan fingerprint density at radius 2 is 1.87 bits per heavy atom. The zero-order chi connectivity index (χ0) is 21.8. The number of amides is 1. The van der Waals surface area contributed by atoms with Gasteiger partial charge in [0.15, 0.2) is 15.0 Å². The standard InChI is InChI=1S/C22H19FN2O4S2/c23-18-10-4-11-19-21(18)24-22(30-19)25(15-16-7-5-13-29-16)20(26)12-6-14-31(27,28)17-8-2-1-3-9-17/h1-5,7-11,13H,6,12,14-15H2. The Kier molecular flexibility index (Phi) is 6.15. The Morgan fingerprint density at radius 1 is 1.06 bits per heavy atom. The Balaban J connectivity index is 1.52. The molecule has 9 heteroatoms. The molecule has 4 rings (SSSR count). The van der Waals surface area contributed by atoms with Gasteiger partial charge in [-0.25, -0.2) is 17.8 Å². The topological polar surface area (TPSA) is 80.5 Å². The average molecular weight is 459 g/mol. The second-order valence-electron chi connectivity index (χ2n) is 6.88. The van der Waals surface area contributed by atoms with Crippen LogP contribution < -0.4 is 4.90 Å². The largest absolute Gasteiger partial charge is 0.467 e. The summed E-state index contributed by atoms with van der Waals surface area (Å²) in [4.78, 5) is 19.0. The second-order valence-corrected chi connectivity index (χ2v) is 10.00. The van der Waals surface area contributed by atoms with Crippen molar-refractivity contribution >= 4 is 42.4 Å². The van der Waals surface area contributed by atoms with Crippen molar-refractivity contribution in [1.29, 1.82) is 0 Å². The second kappa shape index (κ2) is 8.99. The average Bonchev–Trinajstić information content (AvgIpc) is 3.43. The third-order valence-electron chi connectivity index (χ3n) is 4.69. The molecule has 0 saturated heterocycles. The van der Waals surface area contributed by atoms with Crippen molar-refractivity contribution in [2.75, 3.05) is 10.7 Å². The van der Waals surface area contributed by atoms with Gasteiger partial charge in [0.2, 0.25) is 5.91 Å². The van der Waals surface area contributed by atoms with Gasteiger partial charge < -0.3 is 4.42 Å². The van der Waals surface area contributed by atoms with E-state index in [1.54, 1.807) is 42.5 Å². The van der Waals surface area contributed by atoms with Crippen LogP contribution in [-0.2, 0) is 21.2 Å². The van der Waals surface area contributed by atoms with E-state index >= 15 is 0 Å². The normalized spacial score (nSPS) is 11.6. The van der Waals surface area contributed by atoms with Gasteiger partial charge in [0, 0.05) is 6.42 Å². The summed E-state index contributed by atoms with van der Waals surface area (Å²) in [6.07, 6.45) is 1.66. The summed E-state index contributed by atoms with van der Waals surface area (Å²) in [6, 6.07) is 16.2. The number of hydrogen-bond acceptors (Lipinski definition) is 6. The summed E-state index contributed by atoms with van der Waals surface area (Å²) >= 11 is 1.20. The molecule has 0 atom stereocenters. The molecule has 2 heterocycles. The van der Waals surface area contributed by atoms with Gasteiger partial charge in [-0.15, -0.1) is 0 Å². The van der Waals surface area contributed by atoms with Crippen molar-refractivity contribution in [3.63, 3.8) is 0 Å². The van der Waals surface area contributed by atoms with Gasteiger partial charge >= 0.3 is 0 Å². The quantitative estimate of drug-likeness (QED) is 0.378. The van der Waals surface area contributed by atoms with Crippen LogP contribution in [0.15, 0.2) is 76.2 Å². The van der Waals surface area contributed by atoms with E-state index in [2.05, 4.69) is 4.98 Å². The molecule has 6 nitrogen and oxygen atoms in total. The third kappa shape index (κ3) is 4.83. The predicted molar refractivity (Wildman–Crippen MR) is 117 cm³/mol. The number of anilines is 1. The molecular weight excluding hydrogens is 439 g/mol. The number of hydrogen-bond donors (Lipinski definition) is 0. The van der Waals surface area contributed by atoms with Gasteiger partial charge in [-0.1, -0.05) is 35.6 Å². The minimum atomic E-state index is -3.47. The molecule has 0 bridgehead atoms. The van der Waals surface area contributed by atoms with Crippen LogP contribution in [0.3, 0.4) is 0 Å². The number of carbonyl (C=O) groups is 1. The molecule has 0 saturated carbocycles. The van der Waals surface area contributed by atoms with Crippen LogP contribution in [0.2, 0.25) is 0 Å². The summed E-state index contributed by atoms with van der Waals surface area (Å²) in [5.74, 6) is -0.366. The highest BCUT2D eigenvalue weighted by atomic mass is 32.2. The van der Waals surface area contributed by atoms with E-state index < -0.39 is 15.7 Å². The fourth-order valence-electron chi connectivity index (χ4n) is 3.13. The van der Waals surface area contributed by atoms with Crippen LogP contribution in [0, 0.1) is 5.82 Å². The highest BCUT2D eigenvalue weighted by Crippen LogP contribution is 2.31. The van der Waals surface area contributed by atoms with Gasteiger partial charge in [-0.05, 0) is 42.8 Å². The van der Waals surface area contributed by atoms with E-state index in [0.29, 0.717) is 15.6 Å². The maximum atomic E-state index is 14.1. The summed E-state index contributed by atoms with van der Waals surface area (Å²) < 4.78 is 45.0. The minimum absolute atomic E-state index is 0.00514. The first-order valence-corrected chi connectivity index (χ1v) is 12.1. The van der Waals surface area contributed by atoms with Crippen molar-refractivity contribution < 1.29 is 22.0 Å². The van der Waals surface area contributed by atoms with E-state index in [4.69, 9.17) is 4.42 Å². The van der Waals surface area contributed by atoms with E-state index in [9.17, 15) is 17.6 Å². The molecule has 160 valence electrons. The number of furan rings is 1. The van der Waals surface area contributed by atoms with Crippen LogP contribution >= 0.6 is 11.3 Å². The Bertz CT molecular complexity index is 1290. The van der Waals surface area contributed by atoms with Crippen molar-refractivity contribution in [3.05, 3.63) is 78.5 Å². The van der Waals surface area contributed by atoms with Gasteiger partial charge in [-0.3, -0.25) is 9.69 Å².